The molecule has 0 fully saturated rings. The second-order valence-corrected chi connectivity index (χ2v) is 6.86. The van der Waals surface area contributed by atoms with Crippen molar-refractivity contribution in [3.8, 4) is 5.75 Å². The molecule has 0 saturated carbocycles. The number of methoxy groups -OCH3 is 1. The molecule has 0 radical (unpaired) electrons. The van der Waals surface area contributed by atoms with Gasteiger partial charge in [0, 0.05) is 13.1 Å². The Labute approximate surface area is 173 Å². The molecule has 0 spiro atoms. The predicted octanol–water partition coefficient (Wildman–Crippen LogP) is 4.16. The number of benzene rings is 2. The Morgan fingerprint density at radius 1 is 1.03 bits per heavy atom. The van der Waals surface area contributed by atoms with E-state index < -0.39 is 0 Å². The van der Waals surface area contributed by atoms with Crippen LogP contribution in [0.1, 0.15) is 17.5 Å². The van der Waals surface area contributed by atoms with Crippen LogP contribution in [0.25, 0.3) is 11.2 Å². The molecule has 4 aromatic rings. The topological polar surface area (TPSA) is 87.8 Å². The van der Waals surface area contributed by atoms with Crippen molar-refractivity contribution >= 4 is 22.9 Å². The number of halogens is 1. The number of nitrogens with zero attached hydrogens (tertiary/aromatic N) is 3. The monoisotopic (exact) mass is 406 g/mol. The van der Waals surface area contributed by atoms with Crippen molar-refractivity contribution in [2.45, 2.75) is 19.4 Å². The van der Waals surface area contributed by atoms with Gasteiger partial charge in [-0.2, -0.15) is 9.97 Å². The van der Waals surface area contributed by atoms with Crippen molar-refractivity contribution < 1.29 is 9.13 Å². The van der Waals surface area contributed by atoms with E-state index in [9.17, 15) is 4.39 Å². The van der Waals surface area contributed by atoms with Crippen molar-refractivity contribution in [2.75, 3.05) is 24.3 Å². The number of hydrogen-bond donors (Lipinski definition) is 3. The fourth-order valence-electron chi connectivity index (χ4n) is 3.15. The van der Waals surface area contributed by atoms with Gasteiger partial charge in [0.2, 0.25) is 5.95 Å². The number of H-pyrrole nitrogens is 1. The summed E-state index contributed by atoms with van der Waals surface area (Å²) < 4.78 is 18.5. The van der Waals surface area contributed by atoms with Gasteiger partial charge in [-0.05, 0) is 48.2 Å². The molecule has 0 unspecified atom stereocenters. The van der Waals surface area contributed by atoms with Crippen LogP contribution in [0.5, 0.6) is 5.75 Å². The van der Waals surface area contributed by atoms with Gasteiger partial charge in [-0.1, -0.05) is 24.3 Å². The molecule has 3 N–H and O–H groups in total. The van der Waals surface area contributed by atoms with E-state index in [1.54, 1.807) is 25.6 Å². The zero-order valence-corrected chi connectivity index (χ0v) is 16.7. The first-order valence-electron chi connectivity index (χ1n) is 9.77. The van der Waals surface area contributed by atoms with Gasteiger partial charge < -0.3 is 20.4 Å². The Bertz CT molecular complexity index is 1110. The number of fused-ring (bicyclic) bond motifs is 1. The quantitative estimate of drug-likeness (QED) is 0.362. The summed E-state index contributed by atoms with van der Waals surface area (Å²) in [5.41, 5.74) is 3.43. The standard InChI is InChI=1S/C22H23FN6O/c1-30-18-9-7-16(8-10-18)13-25-20-19-21(27-14-26-19)29-22(28-20)24-11-3-5-15-4-2-6-17(23)12-15/h2,4,6-10,12,14H,3,5,11,13H2,1H3,(H3,24,25,26,27,28,29). The van der Waals surface area contributed by atoms with Crippen molar-refractivity contribution in [3.63, 3.8) is 0 Å². The zero-order chi connectivity index (χ0) is 20.8. The smallest absolute Gasteiger partial charge is 0.226 e. The molecule has 0 aliphatic rings. The number of aryl methyl sites for hydroxylation is 1. The van der Waals surface area contributed by atoms with E-state index >= 15 is 0 Å². The molecule has 2 aromatic heterocycles. The largest absolute Gasteiger partial charge is 0.497 e. The number of aromatic amines is 1. The van der Waals surface area contributed by atoms with Crippen molar-refractivity contribution in [3.05, 3.63) is 71.8 Å². The molecule has 2 aromatic carbocycles. The molecule has 0 aliphatic heterocycles. The van der Waals surface area contributed by atoms with E-state index in [4.69, 9.17) is 4.74 Å². The van der Waals surface area contributed by atoms with Crippen LogP contribution in [-0.4, -0.2) is 33.6 Å². The number of rotatable bonds is 9. The molecule has 8 heteroatoms. The first-order valence-corrected chi connectivity index (χ1v) is 9.77. The minimum absolute atomic E-state index is 0.208. The minimum atomic E-state index is -0.208. The van der Waals surface area contributed by atoms with Crippen molar-refractivity contribution in [1.82, 2.24) is 19.9 Å². The molecule has 0 saturated heterocycles. The molecule has 7 nitrogen and oxygen atoms in total. The molecule has 30 heavy (non-hydrogen) atoms. The van der Waals surface area contributed by atoms with Crippen LogP contribution in [0, 0.1) is 5.82 Å². The summed E-state index contributed by atoms with van der Waals surface area (Å²) in [5.74, 6) is 1.80. The van der Waals surface area contributed by atoms with Crippen LogP contribution >= 0.6 is 0 Å². The fraction of sp³-hybridized carbons (Fsp3) is 0.227. The van der Waals surface area contributed by atoms with Gasteiger partial charge in [0.1, 0.15) is 17.1 Å². The maximum atomic E-state index is 13.3. The van der Waals surface area contributed by atoms with Crippen LogP contribution in [-0.2, 0) is 13.0 Å². The minimum Gasteiger partial charge on any atom is -0.497 e. The molecule has 0 amide bonds. The summed E-state index contributed by atoms with van der Waals surface area (Å²) in [6.07, 6.45) is 3.21. The van der Waals surface area contributed by atoms with Gasteiger partial charge in [0.05, 0.1) is 13.4 Å². The lowest BCUT2D eigenvalue weighted by atomic mass is 10.1. The normalized spacial score (nSPS) is 10.9. The molecule has 154 valence electrons. The van der Waals surface area contributed by atoms with E-state index in [1.165, 1.54) is 6.07 Å². The number of anilines is 2. The zero-order valence-electron chi connectivity index (χ0n) is 16.7. The lowest BCUT2D eigenvalue weighted by Crippen LogP contribution is -2.09. The Morgan fingerprint density at radius 2 is 1.90 bits per heavy atom. The van der Waals surface area contributed by atoms with Crippen LogP contribution in [0.15, 0.2) is 54.9 Å². The molecule has 4 rings (SSSR count). The highest BCUT2D eigenvalue weighted by molar-refractivity contribution is 5.83. The van der Waals surface area contributed by atoms with Crippen LogP contribution in [0.2, 0.25) is 0 Å². The van der Waals surface area contributed by atoms with Gasteiger partial charge in [-0.25, -0.2) is 9.37 Å². The fourth-order valence-corrected chi connectivity index (χ4v) is 3.15. The number of aromatic nitrogens is 4. The molecule has 0 atom stereocenters. The Kier molecular flexibility index (Phi) is 6.03. The number of nitrogens with one attached hydrogen (secondary N) is 3. The van der Waals surface area contributed by atoms with E-state index in [2.05, 4.69) is 30.6 Å². The summed E-state index contributed by atoms with van der Waals surface area (Å²) in [5, 5.41) is 6.58. The SMILES string of the molecule is COc1ccc(CNc2nc(NCCCc3cccc(F)c3)nc3nc[nH]c23)cc1. The Balaban J connectivity index is 1.39. The van der Waals surface area contributed by atoms with Crippen LogP contribution < -0.4 is 15.4 Å². The maximum absolute atomic E-state index is 13.3. The predicted molar refractivity (Wildman–Crippen MR) is 115 cm³/mol. The van der Waals surface area contributed by atoms with Gasteiger partial charge in [-0.15, -0.1) is 0 Å². The molecular weight excluding hydrogens is 383 g/mol. The summed E-state index contributed by atoms with van der Waals surface area (Å²) in [6, 6.07) is 14.5. The molecule has 0 bridgehead atoms. The third-order valence-electron chi connectivity index (χ3n) is 4.72. The van der Waals surface area contributed by atoms with Gasteiger partial charge in [-0.3, -0.25) is 0 Å². The second-order valence-electron chi connectivity index (χ2n) is 6.86. The summed E-state index contributed by atoms with van der Waals surface area (Å²) in [6.45, 7) is 1.28. The number of hydrogen-bond acceptors (Lipinski definition) is 6. The lowest BCUT2D eigenvalue weighted by molar-refractivity contribution is 0.414. The third-order valence-corrected chi connectivity index (χ3v) is 4.72. The van der Waals surface area contributed by atoms with Crippen LogP contribution in [0.3, 0.4) is 0 Å². The van der Waals surface area contributed by atoms with Gasteiger partial charge in [0.25, 0.3) is 0 Å². The van der Waals surface area contributed by atoms with Crippen molar-refractivity contribution in [1.29, 1.82) is 0 Å². The Morgan fingerprint density at radius 3 is 2.70 bits per heavy atom. The van der Waals surface area contributed by atoms with E-state index in [0.717, 1.165) is 35.2 Å². The van der Waals surface area contributed by atoms with Gasteiger partial charge >= 0.3 is 0 Å². The average Bonchev–Trinajstić information content (AvgIpc) is 3.24. The Hall–Kier alpha value is -3.68. The molecule has 0 aliphatic carbocycles. The molecule has 2 heterocycles. The highest BCUT2D eigenvalue weighted by atomic mass is 19.1. The molecular formula is C22H23FN6O. The van der Waals surface area contributed by atoms with E-state index in [0.29, 0.717) is 30.5 Å². The number of ether oxygens (including phenoxy) is 1. The highest BCUT2D eigenvalue weighted by Gasteiger charge is 2.10. The highest BCUT2D eigenvalue weighted by Crippen LogP contribution is 2.20. The lowest BCUT2D eigenvalue weighted by Gasteiger charge is -2.10. The average molecular weight is 406 g/mol. The first-order chi connectivity index (χ1) is 14.7. The summed E-state index contributed by atoms with van der Waals surface area (Å²) >= 11 is 0. The summed E-state index contributed by atoms with van der Waals surface area (Å²) in [4.78, 5) is 16.4. The first kappa shape index (κ1) is 19.6. The third kappa shape index (κ3) is 4.83. The van der Waals surface area contributed by atoms with E-state index in [1.807, 2.05) is 30.3 Å². The van der Waals surface area contributed by atoms with Crippen LogP contribution in [0.4, 0.5) is 16.2 Å². The summed E-state index contributed by atoms with van der Waals surface area (Å²) in [7, 11) is 1.65. The van der Waals surface area contributed by atoms with E-state index in [-0.39, 0.29) is 5.82 Å². The van der Waals surface area contributed by atoms with Crippen molar-refractivity contribution in [2.24, 2.45) is 0 Å². The maximum Gasteiger partial charge on any atom is 0.226 e. The second kappa shape index (κ2) is 9.21. The number of imidazole rings is 1. The van der Waals surface area contributed by atoms with Gasteiger partial charge in [0.15, 0.2) is 11.5 Å².